The summed E-state index contributed by atoms with van der Waals surface area (Å²) in [6.45, 7) is 8.18. The maximum Gasteiger partial charge on any atom is 0.0518 e. The first-order valence-corrected chi connectivity index (χ1v) is 7.50. The van der Waals surface area contributed by atoms with Crippen LogP contribution in [0.5, 0.6) is 0 Å². The molecular weight excluding hydrogens is 246 g/mol. The van der Waals surface area contributed by atoms with Crippen molar-refractivity contribution >= 4 is 10.8 Å². The van der Waals surface area contributed by atoms with Gasteiger partial charge in [-0.15, -0.1) is 0 Å². The molecule has 108 valence electrons. The van der Waals surface area contributed by atoms with Crippen LogP contribution in [0.2, 0.25) is 0 Å². The van der Waals surface area contributed by atoms with Crippen molar-refractivity contribution in [2.24, 2.45) is 0 Å². The average Bonchev–Trinajstić information content (AvgIpc) is 2.46. The van der Waals surface area contributed by atoms with Crippen LogP contribution in [0.4, 0.5) is 0 Å². The lowest BCUT2D eigenvalue weighted by molar-refractivity contribution is 0.0768. The highest BCUT2D eigenvalue weighted by Crippen LogP contribution is 2.20. The van der Waals surface area contributed by atoms with E-state index in [1.807, 2.05) is 0 Å². The predicted molar refractivity (Wildman–Crippen MR) is 86.1 cm³/mol. The van der Waals surface area contributed by atoms with Gasteiger partial charge in [-0.25, -0.2) is 0 Å². The topological polar surface area (TPSA) is 21.3 Å². The normalized spacial score (nSPS) is 13.0. The van der Waals surface area contributed by atoms with Crippen LogP contribution in [0.1, 0.15) is 38.8 Å². The second-order valence-electron chi connectivity index (χ2n) is 5.56. The molecule has 0 aliphatic rings. The van der Waals surface area contributed by atoms with Gasteiger partial charge in [0.2, 0.25) is 0 Å². The van der Waals surface area contributed by atoms with E-state index in [4.69, 9.17) is 4.74 Å². The first-order valence-electron chi connectivity index (χ1n) is 7.50. The van der Waals surface area contributed by atoms with Gasteiger partial charge in [-0.2, -0.15) is 0 Å². The SMILES string of the molecule is CC(C)OCCCNC(C)c1ccc2ccccc2c1. The summed E-state index contributed by atoms with van der Waals surface area (Å²) in [4.78, 5) is 0. The zero-order valence-electron chi connectivity index (χ0n) is 12.7. The third kappa shape index (κ3) is 4.32. The van der Waals surface area contributed by atoms with Crippen molar-refractivity contribution in [2.45, 2.75) is 39.3 Å². The Morgan fingerprint density at radius 2 is 1.75 bits per heavy atom. The predicted octanol–water partition coefficient (Wildman–Crippen LogP) is 4.31. The van der Waals surface area contributed by atoms with Gasteiger partial charge in [-0.05, 0) is 56.1 Å². The van der Waals surface area contributed by atoms with Crippen molar-refractivity contribution in [2.75, 3.05) is 13.2 Å². The highest BCUT2D eigenvalue weighted by molar-refractivity contribution is 5.83. The third-order valence-electron chi connectivity index (χ3n) is 3.50. The maximum atomic E-state index is 5.55. The zero-order valence-corrected chi connectivity index (χ0v) is 12.7. The highest BCUT2D eigenvalue weighted by atomic mass is 16.5. The molecule has 0 aliphatic heterocycles. The summed E-state index contributed by atoms with van der Waals surface area (Å²) in [5.74, 6) is 0. The van der Waals surface area contributed by atoms with E-state index in [1.54, 1.807) is 0 Å². The Morgan fingerprint density at radius 3 is 2.50 bits per heavy atom. The molecule has 1 atom stereocenters. The fraction of sp³-hybridized carbons (Fsp3) is 0.444. The van der Waals surface area contributed by atoms with Crippen LogP contribution in [0.25, 0.3) is 10.8 Å². The summed E-state index contributed by atoms with van der Waals surface area (Å²) in [7, 11) is 0. The number of nitrogens with one attached hydrogen (secondary N) is 1. The fourth-order valence-corrected chi connectivity index (χ4v) is 2.30. The second kappa shape index (κ2) is 7.41. The molecule has 0 saturated carbocycles. The monoisotopic (exact) mass is 271 g/mol. The van der Waals surface area contributed by atoms with Crippen LogP contribution in [0.3, 0.4) is 0 Å². The Kier molecular flexibility index (Phi) is 5.57. The number of ether oxygens (including phenoxy) is 1. The van der Waals surface area contributed by atoms with E-state index in [9.17, 15) is 0 Å². The van der Waals surface area contributed by atoms with Crippen molar-refractivity contribution in [3.05, 3.63) is 48.0 Å². The van der Waals surface area contributed by atoms with Gasteiger partial charge in [0.05, 0.1) is 6.10 Å². The third-order valence-corrected chi connectivity index (χ3v) is 3.50. The molecule has 0 radical (unpaired) electrons. The van der Waals surface area contributed by atoms with E-state index in [-0.39, 0.29) is 0 Å². The minimum absolute atomic E-state index is 0.327. The van der Waals surface area contributed by atoms with Crippen LogP contribution in [-0.4, -0.2) is 19.3 Å². The number of hydrogen-bond acceptors (Lipinski definition) is 2. The number of fused-ring (bicyclic) bond motifs is 1. The van der Waals surface area contributed by atoms with Gasteiger partial charge in [0, 0.05) is 12.6 Å². The Hall–Kier alpha value is -1.38. The molecule has 2 aromatic rings. The molecule has 0 bridgehead atoms. The van der Waals surface area contributed by atoms with Crippen molar-refractivity contribution in [3.63, 3.8) is 0 Å². The Labute approximate surface area is 122 Å². The lowest BCUT2D eigenvalue weighted by Crippen LogP contribution is -2.21. The Balaban J connectivity index is 1.86. The first kappa shape index (κ1) is 15.0. The summed E-state index contributed by atoms with van der Waals surface area (Å²) < 4.78 is 5.55. The molecule has 20 heavy (non-hydrogen) atoms. The molecule has 1 N–H and O–H groups in total. The maximum absolute atomic E-state index is 5.55. The summed E-state index contributed by atoms with van der Waals surface area (Å²) >= 11 is 0. The van der Waals surface area contributed by atoms with Crippen molar-refractivity contribution in [1.29, 1.82) is 0 Å². The van der Waals surface area contributed by atoms with Gasteiger partial charge < -0.3 is 10.1 Å². The molecule has 0 heterocycles. The smallest absolute Gasteiger partial charge is 0.0518 e. The number of hydrogen-bond donors (Lipinski definition) is 1. The molecule has 0 amide bonds. The molecule has 0 fully saturated rings. The Bertz CT molecular complexity index is 536. The van der Waals surface area contributed by atoms with Gasteiger partial charge >= 0.3 is 0 Å². The lowest BCUT2D eigenvalue weighted by atomic mass is 10.0. The van der Waals surface area contributed by atoms with Crippen LogP contribution < -0.4 is 5.32 Å². The zero-order chi connectivity index (χ0) is 14.4. The van der Waals surface area contributed by atoms with Crippen LogP contribution in [0, 0.1) is 0 Å². The van der Waals surface area contributed by atoms with Gasteiger partial charge in [0.25, 0.3) is 0 Å². The summed E-state index contributed by atoms with van der Waals surface area (Å²) in [6.07, 6.45) is 1.38. The molecule has 2 heteroatoms. The first-order chi connectivity index (χ1) is 9.66. The van der Waals surface area contributed by atoms with Gasteiger partial charge in [0.1, 0.15) is 0 Å². The van der Waals surface area contributed by atoms with Crippen LogP contribution in [-0.2, 0) is 4.74 Å². The summed E-state index contributed by atoms with van der Waals surface area (Å²) in [5, 5.41) is 6.16. The van der Waals surface area contributed by atoms with Crippen molar-refractivity contribution < 1.29 is 4.74 Å². The van der Waals surface area contributed by atoms with E-state index < -0.39 is 0 Å². The summed E-state index contributed by atoms with van der Waals surface area (Å²) in [5.41, 5.74) is 1.34. The van der Waals surface area contributed by atoms with E-state index in [0.29, 0.717) is 12.1 Å². The van der Waals surface area contributed by atoms with Gasteiger partial charge in [-0.1, -0.05) is 36.4 Å². The molecule has 0 spiro atoms. The van der Waals surface area contributed by atoms with Crippen molar-refractivity contribution in [3.8, 4) is 0 Å². The molecule has 2 aromatic carbocycles. The minimum Gasteiger partial charge on any atom is -0.379 e. The van der Waals surface area contributed by atoms with Crippen molar-refractivity contribution in [1.82, 2.24) is 5.32 Å². The molecule has 2 rings (SSSR count). The number of rotatable bonds is 7. The molecule has 1 unspecified atom stereocenters. The van der Waals surface area contributed by atoms with Crippen LogP contribution >= 0.6 is 0 Å². The summed E-state index contributed by atoms with van der Waals surface area (Å²) in [6, 6.07) is 15.6. The van der Waals surface area contributed by atoms with E-state index in [0.717, 1.165) is 19.6 Å². The van der Waals surface area contributed by atoms with Gasteiger partial charge in [-0.3, -0.25) is 0 Å². The van der Waals surface area contributed by atoms with Crippen LogP contribution in [0.15, 0.2) is 42.5 Å². The molecular formula is C18H25NO. The molecule has 0 saturated heterocycles. The molecule has 0 aromatic heterocycles. The second-order valence-corrected chi connectivity index (χ2v) is 5.56. The largest absolute Gasteiger partial charge is 0.379 e. The Morgan fingerprint density at radius 1 is 1.00 bits per heavy atom. The van der Waals surface area contributed by atoms with E-state index >= 15 is 0 Å². The molecule has 0 aliphatic carbocycles. The number of benzene rings is 2. The fourth-order valence-electron chi connectivity index (χ4n) is 2.30. The van der Waals surface area contributed by atoms with E-state index in [1.165, 1.54) is 16.3 Å². The lowest BCUT2D eigenvalue weighted by Gasteiger charge is -2.15. The average molecular weight is 271 g/mol. The van der Waals surface area contributed by atoms with E-state index in [2.05, 4.69) is 68.6 Å². The van der Waals surface area contributed by atoms with Gasteiger partial charge in [0.15, 0.2) is 0 Å². The minimum atomic E-state index is 0.327. The molecule has 2 nitrogen and oxygen atoms in total. The standard InChI is InChI=1S/C18H25NO/c1-14(2)20-12-6-11-19-15(3)17-10-9-16-7-4-5-8-18(16)13-17/h4-5,7-10,13-15,19H,6,11-12H2,1-3H3. The quantitative estimate of drug-likeness (QED) is 0.758. The highest BCUT2D eigenvalue weighted by Gasteiger charge is 2.05.